The Morgan fingerprint density at radius 1 is 1.71 bits per heavy atom. The Labute approximate surface area is 85.1 Å². The van der Waals surface area contributed by atoms with Crippen LogP contribution in [0.25, 0.3) is 0 Å². The standard InChI is InChI=1S/C10H20N2O2/c1-2-8-4-3-5-12(6-8)7-9(11)10(13)14/h8-9H,2-7,11H2,1H3,(H,13,14). The molecule has 2 unspecified atom stereocenters. The van der Waals surface area contributed by atoms with Gasteiger partial charge < -0.3 is 15.7 Å². The van der Waals surface area contributed by atoms with Crippen LogP contribution in [0.2, 0.25) is 0 Å². The largest absolute Gasteiger partial charge is 0.480 e. The number of carbonyl (C=O) groups is 1. The Bertz CT molecular complexity index is 197. The second kappa shape index (κ2) is 5.32. The second-order valence-electron chi connectivity index (χ2n) is 4.12. The molecule has 1 rings (SSSR count). The predicted molar refractivity (Wildman–Crippen MR) is 55.1 cm³/mol. The molecule has 4 nitrogen and oxygen atoms in total. The number of piperidine rings is 1. The number of rotatable bonds is 4. The lowest BCUT2D eigenvalue weighted by Gasteiger charge is -2.32. The molecule has 0 aliphatic carbocycles. The van der Waals surface area contributed by atoms with Crippen molar-refractivity contribution >= 4 is 5.97 Å². The zero-order valence-corrected chi connectivity index (χ0v) is 8.78. The molecule has 0 spiro atoms. The van der Waals surface area contributed by atoms with E-state index in [-0.39, 0.29) is 0 Å². The summed E-state index contributed by atoms with van der Waals surface area (Å²) < 4.78 is 0. The molecule has 1 aliphatic heterocycles. The van der Waals surface area contributed by atoms with E-state index in [0.717, 1.165) is 19.0 Å². The fraction of sp³-hybridized carbons (Fsp3) is 0.900. The third-order valence-corrected chi connectivity index (χ3v) is 2.95. The summed E-state index contributed by atoms with van der Waals surface area (Å²) >= 11 is 0. The van der Waals surface area contributed by atoms with Gasteiger partial charge in [-0.15, -0.1) is 0 Å². The number of carboxylic acid groups (broad SMARTS) is 1. The van der Waals surface area contributed by atoms with Crippen molar-refractivity contribution in [2.45, 2.75) is 32.2 Å². The number of likely N-dealkylation sites (tertiary alicyclic amines) is 1. The molecule has 0 radical (unpaired) electrons. The lowest BCUT2D eigenvalue weighted by atomic mass is 9.95. The van der Waals surface area contributed by atoms with Gasteiger partial charge in [-0.3, -0.25) is 4.79 Å². The van der Waals surface area contributed by atoms with E-state index in [1.807, 2.05) is 0 Å². The monoisotopic (exact) mass is 200 g/mol. The van der Waals surface area contributed by atoms with Crippen molar-refractivity contribution in [2.75, 3.05) is 19.6 Å². The minimum atomic E-state index is -0.899. The maximum absolute atomic E-state index is 10.6. The number of carboxylic acids is 1. The summed E-state index contributed by atoms with van der Waals surface area (Å²) in [7, 11) is 0. The van der Waals surface area contributed by atoms with Crippen LogP contribution in [0.15, 0.2) is 0 Å². The van der Waals surface area contributed by atoms with Crippen molar-refractivity contribution < 1.29 is 9.90 Å². The smallest absolute Gasteiger partial charge is 0.321 e. The van der Waals surface area contributed by atoms with Crippen molar-refractivity contribution in [3.8, 4) is 0 Å². The average Bonchev–Trinajstić information content (AvgIpc) is 2.18. The van der Waals surface area contributed by atoms with Crippen LogP contribution in [0.5, 0.6) is 0 Å². The molecule has 82 valence electrons. The molecule has 1 heterocycles. The van der Waals surface area contributed by atoms with Gasteiger partial charge in [0, 0.05) is 13.1 Å². The van der Waals surface area contributed by atoms with Crippen LogP contribution < -0.4 is 5.73 Å². The molecular weight excluding hydrogens is 180 g/mol. The van der Waals surface area contributed by atoms with E-state index in [4.69, 9.17) is 10.8 Å². The quantitative estimate of drug-likeness (QED) is 0.694. The highest BCUT2D eigenvalue weighted by atomic mass is 16.4. The fourth-order valence-corrected chi connectivity index (χ4v) is 2.01. The molecule has 2 atom stereocenters. The molecule has 0 saturated carbocycles. The van der Waals surface area contributed by atoms with Crippen LogP contribution in [0.3, 0.4) is 0 Å². The van der Waals surface area contributed by atoms with Crippen LogP contribution in [0, 0.1) is 5.92 Å². The Hall–Kier alpha value is -0.610. The maximum atomic E-state index is 10.6. The molecule has 1 aliphatic rings. The summed E-state index contributed by atoms with van der Waals surface area (Å²) in [6.45, 7) is 4.69. The number of hydrogen-bond donors (Lipinski definition) is 2. The van der Waals surface area contributed by atoms with Gasteiger partial charge in [-0.05, 0) is 25.3 Å². The van der Waals surface area contributed by atoms with Gasteiger partial charge in [0.1, 0.15) is 6.04 Å². The van der Waals surface area contributed by atoms with E-state index in [2.05, 4.69) is 11.8 Å². The van der Waals surface area contributed by atoms with Gasteiger partial charge in [0.15, 0.2) is 0 Å². The highest BCUT2D eigenvalue weighted by Gasteiger charge is 2.22. The van der Waals surface area contributed by atoms with Crippen LogP contribution >= 0.6 is 0 Å². The molecule has 1 fully saturated rings. The van der Waals surface area contributed by atoms with E-state index in [0.29, 0.717) is 6.54 Å². The average molecular weight is 200 g/mol. The van der Waals surface area contributed by atoms with Crippen molar-refractivity contribution in [2.24, 2.45) is 11.7 Å². The molecule has 1 saturated heterocycles. The molecular formula is C10H20N2O2. The Morgan fingerprint density at radius 3 is 3.00 bits per heavy atom. The molecule has 4 heteroatoms. The molecule has 0 aromatic rings. The first-order chi connectivity index (χ1) is 6.63. The van der Waals surface area contributed by atoms with E-state index in [1.165, 1.54) is 19.3 Å². The van der Waals surface area contributed by atoms with Gasteiger partial charge in [-0.25, -0.2) is 0 Å². The van der Waals surface area contributed by atoms with E-state index >= 15 is 0 Å². The topological polar surface area (TPSA) is 66.6 Å². The number of nitrogens with two attached hydrogens (primary N) is 1. The molecule has 0 bridgehead atoms. The van der Waals surface area contributed by atoms with Gasteiger partial charge in [0.2, 0.25) is 0 Å². The lowest BCUT2D eigenvalue weighted by molar-refractivity contribution is -0.139. The zero-order chi connectivity index (χ0) is 10.6. The SMILES string of the molecule is CCC1CCCN(CC(N)C(=O)O)C1. The Kier molecular flexibility index (Phi) is 4.35. The van der Waals surface area contributed by atoms with Crippen LogP contribution in [-0.4, -0.2) is 41.7 Å². The van der Waals surface area contributed by atoms with Gasteiger partial charge in [-0.2, -0.15) is 0 Å². The summed E-state index contributed by atoms with van der Waals surface area (Å²) in [4.78, 5) is 12.7. The third kappa shape index (κ3) is 3.27. The van der Waals surface area contributed by atoms with Gasteiger partial charge in [0.05, 0.1) is 0 Å². The summed E-state index contributed by atoms with van der Waals surface area (Å²) in [5, 5.41) is 8.68. The van der Waals surface area contributed by atoms with Crippen molar-refractivity contribution in [3.63, 3.8) is 0 Å². The van der Waals surface area contributed by atoms with E-state index in [1.54, 1.807) is 0 Å². The summed E-state index contributed by atoms with van der Waals surface area (Å²) in [6.07, 6.45) is 3.62. The summed E-state index contributed by atoms with van der Waals surface area (Å²) in [5.41, 5.74) is 5.49. The van der Waals surface area contributed by atoms with E-state index in [9.17, 15) is 4.79 Å². The minimum Gasteiger partial charge on any atom is -0.480 e. The fourth-order valence-electron chi connectivity index (χ4n) is 2.01. The maximum Gasteiger partial charge on any atom is 0.321 e. The first kappa shape index (κ1) is 11.5. The minimum absolute atomic E-state index is 0.492. The molecule has 0 aromatic carbocycles. The van der Waals surface area contributed by atoms with Crippen LogP contribution in [-0.2, 0) is 4.79 Å². The van der Waals surface area contributed by atoms with Crippen LogP contribution in [0.1, 0.15) is 26.2 Å². The van der Waals surface area contributed by atoms with Gasteiger partial charge in [-0.1, -0.05) is 13.3 Å². The highest BCUT2D eigenvalue weighted by Crippen LogP contribution is 2.18. The second-order valence-corrected chi connectivity index (χ2v) is 4.12. The first-order valence-electron chi connectivity index (χ1n) is 5.34. The van der Waals surface area contributed by atoms with E-state index < -0.39 is 12.0 Å². The molecule has 14 heavy (non-hydrogen) atoms. The van der Waals surface area contributed by atoms with Crippen molar-refractivity contribution in [1.29, 1.82) is 0 Å². The third-order valence-electron chi connectivity index (χ3n) is 2.95. The normalized spacial score (nSPS) is 26.0. The molecule has 0 amide bonds. The summed E-state index contributed by atoms with van der Waals surface area (Å²) in [5.74, 6) is -0.173. The van der Waals surface area contributed by atoms with Crippen LogP contribution in [0.4, 0.5) is 0 Å². The van der Waals surface area contributed by atoms with Crippen molar-refractivity contribution in [1.82, 2.24) is 4.90 Å². The molecule has 0 aromatic heterocycles. The highest BCUT2D eigenvalue weighted by molar-refractivity contribution is 5.73. The first-order valence-corrected chi connectivity index (χ1v) is 5.34. The van der Waals surface area contributed by atoms with Gasteiger partial charge >= 0.3 is 5.97 Å². The summed E-state index contributed by atoms with van der Waals surface area (Å²) in [6, 6.07) is -0.731. The molecule has 3 N–H and O–H groups in total. The number of aliphatic carboxylic acids is 1. The lowest BCUT2D eigenvalue weighted by Crippen LogP contribution is -2.46. The Morgan fingerprint density at radius 2 is 2.43 bits per heavy atom. The number of nitrogens with zero attached hydrogens (tertiary/aromatic N) is 1. The van der Waals surface area contributed by atoms with Gasteiger partial charge in [0.25, 0.3) is 0 Å². The Balaban J connectivity index is 2.33. The predicted octanol–water partition coefficient (Wildman–Crippen LogP) is 0.520. The zero-order valence-electron chi connectivity index (χ0n) is 8.78. The van der Waals surface area contributed by atoms with Crippen molar-refractivity contribution in [3.05, 3.63) is 0 Å². The number of hydrogen-bond acceptors (Lipinski definition) is 3.